The first-order chi connectivity index (χ1) is 12.5. The maximum absolute atomic E-state index is 13.1. The summed E-state index contributed by atoms with van der Waals surface area (Å²) in [5, 5.41) is 22.9. The van der Waals surface area contributed by atoms with Crippen molar-refractivity contribution in [3.63, 3.8) is 0 Å². The van der Waals surface area contributed by atoms with Crippen molar-refractivity contribution in [3.05, 3.63) is 37.9 Å². The molecule has 8 nitrogen and oxygen atoms in total. The third-order valence-corrected chi connectivity index (χ3v) is 4.14. The zero-order chi connectivity index (χ0) is 20.4. The Morgan fingerprint density at radius 2 is 1.78 bits per heavy atom. The molecule has 150 valence electrons. The molecule has 0 radical (unpaired) electrons. The molecule has 0 spiro atoms. The summed E-state index contributed by atoms with van der Waals surface area (Å²) < 4.78 is 44.7. The molecule has 1 saturated heterocycles. The molecule has 1 atom stereocenters. The molecule has 1 aromatic carbocycles. The molecule has 1 aromatic rings. The Kier molecular flexibility index (Phi) is 6.24. The topological polar surface area (TPSA) is 98.8 Å². The summed E-state index contributed by atoms with van der Waals surface area (Å²) in [6.45, 7) is 4.46. The Bertz CT molecular complexity index is 683. The van der Waals surface area contributed by atoms with E-state index < -0.39 is 38.6 Å². The number of nitro groups is 2. The van der Waals surface area contributed by atoms with Crippen molar-refractivity contribution < 1.29 is 27.8 Å². The zero-order valence-corrected chi connectivity index (χ0v) is 14.9. The number of nitrogens with zero attached hydrogens (tertiary/aromatic N) is 3. The first-order valence-electron chi connectivity index (χ1n) is 8.41. The molecule has 1 aliphatic rings. The van der Waals surface area contributed by atoms with E-state index >= 15 is 0 Å². The van der Waals surface area contributed by atoms with E-state index in [0.29, 0.717) is 25.2 Å². The molecule has 1 fully saturated rings. The van der Waals surface area contributed by atoms with E-state index in [4.69, 9.17) is 4.74 Å². The molecule has 0 N–H and O–H groups in total. The van der Waals surface area contributed by atoms with Crippen LogP contribution in [-0.2, 0) is 10.9 Å². The fourth-order valence-electron chi connectivity index (χ4n) is 3.10. The van der Waals surface area contributed by atoms with Crippen molar-refractivity contribution in [1.29, 1.82) is 0 Å². The lowest BCUT2D eigenvalue weighted by molar-refractivity contribution is -0.393. The van der Waals surface area contributed by atoms with Gasteiger partial charge in [-0.1, -0.05) is 13.8 Å². The number of hydrogen-bond acceptors (Lipinski definition) is 6. The highest BCUT2D eigenvalue weighted by Gasteiger charge is 2.39. The van der Waals surface area contributed by atoms with E-state index in [1.54, 1.807) is 0 Å². The third kappa shape index (κ3) is 5.06. The van der Waals surface area contributed by atoms with Gasteiger partial charge in [-0.15, -0.1) is 0 Å². The summed E-state index contributed by atoms with van der Waals surface area (Å²) in [4.78, 5) is 22.3. The Morgan fingerprint density at radius 1 is 1.22 bits per heavy atom. The minimum Gasteiger partial charge on any atom is -0.376 e. The van der Waals surface area contributed by atoms with Crippen LogP contribution in [-0.4, -0.2) is 35.6 Å². The highest BCUT2D eigenvalue weighted by atomic mass is 19.4. The molecule has 0 saturated carbocycles. The van der Waals surface area contributed by atoms with Crippen molar-refractivity contribution in [1.82, 2.24) is 0 Å². The highest BCUT2D eigenvalue weighted by molar-refractivity contribution is 5.76. The van der Waals surface area contributed by atoms with Crippen LogP contribution in [0.5, 0.6) is 0 Å². The van der Waals surface area contributed by atoms with Crippen LogP contribution >= 0.6 is 0 Å². The number of alkyl halides is 3. The predicted molar refractivity (Wildman–Crippen MR) is 90.8 cm³/mol. The second-order valence-electron chi connectivity index (χ2n) is 6.81. The van der Waals surface area contributed by atoms with E-state index in [-0.39, 0.29) is 25.1 Å². The van der Waals surface area contributed by atoms with E-state index in [2.05, 4.69) is 0 Å². The lowest BCUT2D eigenvalue weighted by Gasteiger charge is -2.28. The van der Waals surface area contributed by atoms with Gasteiger partial charge in [0.1, 0.15) is 0 Å². The summed E-state index contributed by atoms with van der Waals surface area (Å²) in [5.41, 5.74) is -3.71. The smallest absolute Gasteiger partial charge is 0.376 e. The van der Waals surface area contributed by atoms with Gasteiger partial charge in [-0.05, 0) is 18.8 Å². The van der Waals surface area contributed by atoms with Crippen LogP contribution in [0.1, 0.15) is 32.3 Å². The number of benzene rings is 1. The van der Waals surface area contributed by atoms with Gasteiger partial charge in [0.2, 0.25) is 0 Å². The molecule has 2 rings (SSSR count). The van der Waals surface area contributed by atoms with E-state index in [1.165, 1.54) is 4.90 Å². The monoisotopic (exact) mass is 391 g/mol. The summed E-state index contributed by atoms with van der Waals surface area (Å²) >= 11 is 0. The molecule has 0 amide bonds. The second-order valence-corrected chi connectivity index (χ2v) is 6.81. The van der Waals surface area contributed by atoms with Crippen molar-refractivity contribution in [3.8, 4) is 0 Å². The van der Waals surface area contributed by atoms with Crippen LogP contribution in [0.25, 0.3) is 0 Å². The molecular weight excluding hydrogens is 371 g/mol. The highest BCUT2D eigenvalue weighted by Crippen LogP contribution is 2.43. The molecule has 1 heterocycles. The van der Waals surface area contributed by atoms with Gasteiger partial charge in [0.05, 0.1) is 21.5 Å². The average molecular weight is 391 g/mol. The first-order valence-corrected chi connectivity index (χ1v) is 8.41. The first kappa shape index (κ1) is 20.9. The second kappa shape index (κ2) is 8.07. The van der Waals surface area contributed by atoms with Gasteiger partial charge < -0.3 is 9.64 Å². The molecule has 11 heteroatoms. The number of ether oxygens (including phenoxy) is 1. The van der Waals surface area contributed by atoms with Gasteiger partial charge in [-0.2, -0.15) is 13.2 Å². The largest absolute Gasteiger partial charge is 0.416 e. The molecular formula is C16H20F3N3O5. The van der Waals surface area contributed by atoms with Crippen molar-refractivity contribution in [2.24, 2.45) is 5.92 Å². The molecule has 1 aliphatic heterocycles. The molecule has 0 aromatic heterocycles. The normalized spacial score (nSPS) is 17.3. The Balaban J connectivity index is 2.63. The molecule has 0 bridgehead atoms. The van der Waals surface area contributed by atoms with Gasteiger partial charge in [-0.3, -0.25) is 20.2 Å². The maximum Gasteiger partial charge on any atom is 0.416 e. The molecule has 0 aliphatic carbocycles. The van der Waals surface area contributed by atoms with Gasteiger partial charge >= 0.3 is 6.18 Å². The van der Waals surface area contributed by atoms with Crippen LogP contribution in [0.2, 0.25) is 0 Å². The fourth-order valence-corrected chi connectivity index (χ4v) is 3.10. The van der Waals surface area contributed by atoms with Gasteiger partial charge in [0.15, 0.2) is 5.69 Å². The maximum atomic E-state index is 13.1. The van der Waals surface area contributed by atoms with E-state index in [0.717, 1.165) is 6.42 Å². The fraction of sp³-hybridized carbons (Fsp3) is 0.625. The Hall–Kier alpha value is -2.43. The zero-order valence-electron chi connectivity index (χ0n) is 14.9. The van der Waals surface area contributed by atoms with Crippen molar-refractivity contribution in [2.75, 3.05) is 24.6 Å². The number of nitro benzene ring substituents is 2. The van der Waals surface area contributed by atoms with E-state index in [1.807, 2.05) is 13.8 Å². The minimum absolute atomic E-state index is 0.0343. The van der Waals surface area contributed by atoms with Gasteiger partial charge in [-0.25, -0.2) is 0 Å². The molecule has 1 unspecified atom stereocenters. The lowest BCUT2D eigenvalue weighted by atomic mass is 10.1. The predicted octanol–water partition coefficient (Wildman–Crippen LogP) is 4.16. The molecule has 27 heavy (non-hydrogen) atoms. The van der Waals surface area contributed by atoms with Gasteiger partial charge in [0, 0.05) is 31.8 Å². The Morgan fingerprint density at radius 3 is 2.15 bits per heavy atom. The summed E-state index contributed by atoms with van der Waals surface area (Å²) in [5.74, 6) is -0.0343. The summed E-state index contributed by atoms with van der Waals surface area (Å²) in [6, 6.07) is 0.705. The standard InChI is InChI=1S/C16H20F3N3O5/c1-10(2)8-20(9-12-4-3-5-27-12)15-13(21(23)24)6-11(16(17,18)19)7-14(15)22(25)26/h6-7,10,12H,3-5,8-9H2,1-2H3. The SMILES string of the molecule is CC(C)CN(CC1CCCO1)c1c([N+](=O)[O-])cc(C(F)(F)F)cc1[N+](=O)[O-]. The van der Waals surface area contributed by atoms with Crippen molar-refractivity contribution in [2.45, 2.75) is 39.0 Å². The number of hydrogen-bond donors (Lipinski definition) is 0. The lowest BCUT2D eigenvalue weighted by Crippen LogP contribution is -2.36. The minimum atomic E-state index is -4.94. The van der Waals surface area contributed by atoms with Crippen LogP contribution in [0.4, 0.5) is 30.2 Å². The Labute approximate surface area is 153 Å². The average Bonchev–Trinajstić information content (AvgIpc) is 3.04. The quantitative estimate of drug-likeness (QED) is 0.511. The van der Waals surface area contributed by atoms with Crippen LogP contribution in [0.3, 0.4) is 0 Å². The summed E-state index contributed by atoms with van der Waals surface area (Å²) in [6.07, 6.45) is -3.76. The number of halogens is 3. The number of anilines is 1. The number of rotatable bonds is 7. The van der Waals surface area contributed by atoms with Crippen LogP contribution in [0.15, 0.2) is 12.1 Å². The third-order valence-electron chi connectivity index (χ3n) is 4.14. The van der Waals surface area contributed by atoms with E-state index in [9.17, 15) is 33.4 Å². The summed E-state index contributed by atoms with van der Waals surface area (Å²) in [7, 11) is 0. The van der Waals surface area contributed by atoms with Crippen LogP contribution < -0.4 is 4.90 Å². The van der Waals surface area contributed by atoms with Gasteiger partial charge in [0.25, 0.3) is 11.4 Å². The van der Waals surface area contributed by atoms with Crippen LogP contribution in [0, 0.1) is 26.1 Å². The van der Waals surface area contributed by atoms with Crippen molar-refractivity contribution >= 4 is 17.1 Å².